The van der Waals surface area contributed by atoms with Gasteiger partial charge in [0, 0.05) is 0 Å². The van der Waals surface area contributed by atoms with Crippen molar-refractivity contribution in [1.29, 1.82) is 0 Å². The molecule has 288 valence electrons. The van der Waals surface area contributed by atoms with Crippen molar-refractivity contribution in [3.8, 4) is 0 Å². The van der Waals surface area contributed by atoms with Crippen molar-refractivity contribution in [2.75, 3.05) is 0 Å². The van der Waals surface area contributed by atoms with E-state index in [9.17, 15) is 0 Å². The first-order valence-corrected chi connectivity index (χ1v) is 20.5. The summed E-state index contributed by atoms with van der Waals surface area (Å²) in [6.45, 7) is 36.9. The van der Waals surface area contributed by atoms with Crippen LogP contribution in [0.25, 0.3) is 0 Å². The number of unbranched alkanes of at least 4 members (excludes halogenated alkanes) is 8. The van der Waals surface area contributed by atoms with Crippen molar-refractivity contribution in [2.24, 2.45) is 47.3 Å². The van der Waals surface area contributed by atoms with Crippen LogP contribution in [-0.2, 0) is 0 Å². The van der Waals surface area contributed by atoms with Gasteiger partial charge in [0.05, 0.1) is 0 Å². The minimum Gasteiger partial charge on any atom is -0.0776 e. The standard InChI is InChI=1S/4C11H24.2CH4/c4*1-10(2)8-6-5-7-9-11(3)4;;/h4*10-11H,5-9H2,1-4H3;2*1H4. The highest BCUT2D eigenvalue weighted by molar-refractivity contribution is 4.52. The molecule has 0 atom stereocenters. The Bertz CT molecular complexity index is 336. The zero-order valence-electron chi connectivity index (χ0n) is 34.8. The van der Waals surface area contributed by atoms with E-state index in [1.165, 1.54) is 128 Å². The molecule has 0 fully saturated rings. The van der Waals surface area contributed by atoms with Gasteiger partial charge >= 0.3 is 0 Å². The van der Waals surface area contributed by atoms with Gasteiger partial charge in [0.15, 0.2) is 0 Å². The van der Waals surface area contributed by atoms with E-state index in [1.54, 1.807) is 0 Å². The smallest absolute Gasteiger partial charge is 0.0471 e. The summed E-state index contributed by atoms with van der Waals surface area (Å²) in [5, 5.41) is 0. The maximum Gasteiger partial charge on any atom is -0.0471 e. The highest BCUT2D eigenvalue weighted by Gasteiger charge is 1.99. The lowest BCUT2D eigenvalue weighted by Crippen LogP contribution is -1.89. The summed E-state index contributed by atoms with van der Waals surface area (Å²) in [5.74, 6) is 7.18. The molecular formula is C46H104. The molecule has 46 heavy (non-hydrogen) atoms. The van der Waals surface area contributed by atoms with Crippen LogP contribution in [0.1, 0.15) is 254 Å². The molecule has 0 heterocycles. The second kappa shape index (κ2) is 45.0. The molecule has 0 saturated carbocycles. The van der Waals surface area contributed by atoms with Gasteiger partial charge in [-0.1, -0.05) is 254 Å². The molecule has 0 saturated heterocycles. The zero-order valence-corrected chi connectivity index (χ0v) is 34.8. The second-order valence-electron chi connectivity index (χ2n) is 17.7. The van der Waals surface area contributed by atoms with Crippen molar-refractivity contribution < 1.29 is 0 Å². The first-order chi connectivity index (χ1) is 20.5. The maximum atomic E-state index is 2.31. The third kappa shape index (κ3) is 79.4. The molecule has 0 rings (SSSR count). The summed E-state index contributed by atoms with van der Waals surface area (Å²) < 4.78 is 0. The monoisotopic (exact) mass is 657 g/mol. The Balaban J connectivity index is -0.000000114. The molecule has 0 aromatic rings. The lowest BCUT2D eigenvalue weighted by Gasteiger charge is -2.05. The first kappa shape index (κ1) is 58.2. The normalized spacial score (nSPS) is 11.0. The van der Waals surface area contributed by atoms with Crippen molar-refractivity contribution in [3.63, 3.8) is 0 Å². The molecule has 0 aliphatic rings. The van der Waals surface area contributed by atoms with Crippen LogP contribution in [-0.4, -0.2) is 0 Å². The van der Waals surface area contributed by atoms with Gasteiger partial charge in [-0.2, -0.15) is 0 Å². The van der Waals surface area contributed by atoms with Gasteiger partial charge in [0.2, 0.25) is 0 Å². The summed E-state index contributed by atoms with van der Waals surface area (Å²) in [6.07, 6.45) is 28.6. The van der Waals surface area contributed by atoms with Crippen LogP contribution in [0.5, 0.6) is 0 Å². The van der Waals surface area contributed by atoms with Gasteiger partial charge < -0.3 is 0 Å². The van der Waals surface area contributed by atoms with Gasteiger partial charge in [-0.05, 0) is 47.3 Å². The lowest BCUT2D eigenvalue weighted by molar-refractivity contribution is 0.486. The van der Waals surface area contributed by atoms with Crippen LogP contribution >= 0.6 is 0 Å². The summed E-state index contributed by atoms with van der Waals surface area (Å²) in [4.78, 5) is 0. The van der Waals surface area contributed by atoms with Crippen LogP contribution in [0.4, 0.5) is 0 Å². The molecule has 0 amide bonds. The molecular weight excluding hydrogens is 553 g/mol. The molecule has 0 spiro atoms. The van der Waals surface area contributed by atoms with E-state index < -0.39 is 0 Å². The highest BCUT2D eigenvalue weighted by Crippen LogP contribution is 2.15. The van der Waals surface area contributed by atoms with Crippen molar-refractivity contribution in [1.82, 2.24) is 0 Å². The summed E-state index contributed by atoms with van der Waals surface area (Å²) >= 11 is 0. The van der Waals surface area contributed by atoms with Gasteiger partial charge in [0.25, 0.3) is 0 Å². The largest absolute Gasteiger partial charge is 0.0776 e. The summed E-state index contributed by atoms with van der Waals surface area (Å²) in [6, 6.07) is 0. The van der Waals surface area contributed by atoms with Gasteiger partial charge in [-0.25, -0.2) is 0 Å². The van der Waals surface area contributed by atoms with E-state index in [-0.39, 0.29) is 14.9 Å². The Kier molecular flexibility index (Phi) is 57.0. The molecule has 0 N–H and O–H groups in total. The molecule has 0 aromatic carbocycles. The average Bonchev–Trinajstić information content (AvgIpc) is 2.87. The summed E-state index contributed by atoms with van der Waals surface area (Å²) in [7, 11) is 0. The Hall–Kier alpha value is 0. The fraction of sp³-hybridized carbons (Fsp3) is 1.00. The van der Waals surface area contributed by atoms with Crippen LogP contribution < -0.4 is 0 Å². The Morgan fingerprint density at radius 2 is 0.261 bits per heavy atom. The minimum atomic E-state index is 0. The van der Waals surface area contributed by atoms with E-state index in [4.69, 9.17) is 0 Å². The fourth-order valence-electron chi connectivity index (χ4n) is 5.13. The van der Waals surface area contributed by atoms with Gasteiger partial charge in [0.1, 0.15) is 0 Å². The third-order valence-corrected chi connectivity index (χ3v) is 8.25. The molecule has 0 nitrogen and oxygen atoms in total. The van der Waals surface area contributed by atoms with Crippen molar-refractivity contribution in [2.45, 2.75) is 254 Å². The Morgan fingerprint density at radius 3 is 0.326 bits per heavy atom. The SMILES string of the molecule is C.C.CC(C)CCCCCC(C)C.CC(C)CCCCCC(C)C.CC(C)CCCCCC(C)C.CC(C)CCCCCC(C)C. The number of hydrogen-bond acceptors (Lipinski definition) is 0. The molecule has 0 radical (unpaired) electrons. The lowest BCUT2D eigenvalue weighted by atomic mass is 10.0. The zero-order chi connectivity index (χ0) is 34.8. The summed E-state index contributed by atoms with van der Waals surface area (Å²) in [5.41, 5.74) is 0. The van der Waals surface area contributed by atoms with Crippen LogP contribution in [0.3, 0.4) is 0 Å². The minimum absolute atomic E-state index is 0. The van der Waals surface area contributed by atoms with Crippen molar-refractivity contribution >= 4 is 0 Å². The molecule has 0 aliphatic carbocycles. The average molecular weight is 657 g/mol. The van der Waals surface area contributed by atoms with Gasteiger partial charge in [-0.15, -0.1) is 0 Å². The molecule has 0 unspecified atom stereocenters. The number of rotatable bonds is 24. The quantitative estimate of drug-likeness (QED) is 0.0907. The fourth-order valence-corrected chi connectivity index (χ4v) is 5.13. The second-order valence-corrected chi connectivity index (χ2v) is 17.7. The third-order valence-electron chi connectivity index (χ3n) is 8.25. The molecule has 0 heteroatoms. The predicted molar refractivity (Wildman–Crippen MR) is 225 cm³/mol. The molecule has 0 bridgehead atoms. The van der Waals surface area contributed by atoms with E-state index in [1.807, 2.05) is 0 Å². The first-order valence-electron chi connectivity index (χ1n) is 20.5. The highest BCUT2D eigenvalue weighted by atomic mass is 14.0. The maximum absolute atomic E-state index is 2.31. The predicted octanol–water partition coefficient (Wildman–Crippen LogP) is 18.3. The van der Waals surface area contributed by atoms with Crippen LogP contribution in [0.15, 0.2) is 0 Å². The Morgan fingerprint density at radius 1 is 0.174 bits per heavy atom. The van der Waals surface area contributed by atoms with Gasteiger partial charge in [-0.3, -0.25) is 0 Å². The van der Waals surface area contributed by atoms with Crippen LogP contribution in [0, 0.1) is 47.3 Å². The van der Waals surface area contributed by atoms with E-state index in [0.717, 1.165) is 47.3 Å². The number of hydrogen-bond donors (Lipinski definition) is 0. The van der Waals surface area contributed by atoms with Crippen molar-refractivity contribution in [3.05, 3.63) is 0 Å². The van der Waals surface area contributed by atoms with E-state index in [2.05, 4.69) is 111 Å². The molecule has 0 aliphatic heterocycles. The topological polar surface area (TPSA) is 0 Å². The Labute approximate surface area is 300 Å². The van der Waals surface area contributed by atoms with E-state index >= 15 is 0 Å². The van der Waals surface area contributed by atoms with Crippen LogP contribution in [0.2, 0.25) is 0 Å². The van der Waals surface area contributed by atoms with E-state index in [0.29, 0.717) is 0 Å². The molecule has 0 aromatic heterocycles.